The summed E-state index contributed by atoms with van der Waals surface area (Å²) in [5, 5.41) is 86.9. The second-order valence-corrected chi connectivity index (χ2v) is 22.5. The summed E-state index contributed by atoms with van der Waals surface area (Å²) in [6, 6.07) is -0.912. The van der Waals surface area contributed by atoms with Gasteiger partial charge in [0.2, 0.25) is 5.91 Å². The summed E-state index contributed by atoms with van der Waals surface area (Å²) in [5.41, 5.74) is 0. The van der Waals surface area contributed by atoms with E-state index in [1.807, 2.05) is 6.08 Å². The van der Waals surface area contributed by atoms with E-state index < -0.39 is 86.8 Å². The van der Waals surface area contributed by atoms with Crippen molar-refractivity contribution in [3.05, 3.63) is 60.8 Å². The van der Waals surface area contributed by atoms with Crippen molar-refractivity contribution in [1.29, 1.82) is 0 Å². The fourth-order valence-electron chi connectivity index (χ4n) is 10.3. The third kappa shape index (κ3) is 35.4. The van der Waals surface area contributed by atoms with Gasteiger partial charge >= 0.3 is 0 Å². The number of amides is 1. The molecule has 0 aliphatic carbocycles. The van der Waals surface area contributed by atoms with E-state index in [1.54, 1.807) is 6.08 Å². The standard InChI is InChI=1S/C65H117NO13/c1-3-5-7-9-11-13-15-16-17-18-19-20-21-22-23-24-25-26-27-28-29-30-31-32-33-34-35-36-37-38-39-41-43-45-47-49-57(70)66-53(54(69)48-46-44-42-40-14-12-10-8-6-4-2)52-76-64-62(75)60(73)63(56(51-68)78-64)79-65-61(74)59(72)58(71)55(50-67)77-65/h5,7,11,13,16-17,19-20,46,48,53-56,58-65,67-69,71-75H,3-4,6,8-10,12,14-15,18,21-45,47,49-52H2,1-2H3,(H,66,70)/b7-5-,13-11-,17-16-,20-19-,48-46+. The molecule has 2 rings (SSSR count). The van der Waals surface area contributed by atoms with Crippen LogP contribution in [0.1, 0.15) is 251 Å². The quantitative estimate of drug-likeness (QED) is 0.0204. The summed E-state index contributed by atoms with van der Waals surface area (Å²) >= 11 is 0. The largest absolute Gasteiger partial charge is 0.394 e. The summed E-state index contributed by atoms with van der Waals surface area (Å²) < 4.78 is 22.7. The number of aliphatic hydroxyl groups is 8. The van der Waals surface area contributed by atoms with Crippen molar-refractivity contribution in [2.75, 3.05) is 19.8 Å². The van der Waals surface area contributed by atoms with Crippen LogP contribution in [0.25, 0.3) is 0 Å². The molecule has 9 N–H and O–H groups in total. The number of allylic oxidation sites excluding steroid dienone is 9. The molecule has 0 aromatic heterocycles. The molecule has 12 unspecified atom stereocenters. The van der Waals surface area contributed by atoms with Gasteiger partial charge in [0.25, 0.3) is 0 Å². The molecule has 2 aliphatic rings. The Morgan fingerprint density at radius 2 is 0.873 bits per heavy atom. The number of rotatable bonds is 51. The highest BCUT2D eigenvalue weighted by molar-refractivity contribution is 5.76. The lowest BCUT2D eigenvalue weighted by Gasteiger charge is -2.46. The SMILES string of the molecule is CC/C=C\C/C=C\C/C=C\C/C=C\CCCCCCCCCCCCCCCCCCCCCCCCC(=O)NC(COC1OC(CO)C(OC2OC(CO)C(O)C(O)C2O)C(O)C1O)C(O)/C=C/CCCCCCCCCC. The normalized spacial score (nSPS) is 24.8. The van der Waals surface area contributed by atoms with Gasteiger partial charge in [0.1, 0.15) is 48.8 Å². The molecule has 2 aliphatic heterocycles. The zero-order chi connectivity index (χ0) is 57.4. The monoisotopic (exact) mass is 1120 g/mol. The number of nitrogens with one attached hydrogen (secondary N) is 1. The summed E-state index contributed by atoms with van der Waals surface area (Å²) in [5.74, 6) is -0.239. The number of carbonyl (C=O) groups excluding carboxylic acids is 1. The average Bonchev–Trinajstić information content (AvgIpc) is 3.47. The van der Waals surface area contributed by atoms with Crippen LogP contribution in [0.2, 0.25) is 0 Å². The smallest absolute Gasteiger partial charge is 0.220 e. The molecule has 0 aromatic carbocycles. The molecule has 0 spiro atoms. The minimum absolute atomic E-state index is 0.239. The first-order chi connectivity index (χ1) is 38.6. The van der Waals surface area contributed by atoms with Crippen molar-refractivity contribution >= 4 is 5.91 Å². The Morgan fingerprint density at radius 1 is 0.468 bits per heavy atom. The minimum atomic E-state index is -1.79. The number of hydrogen-bond acceptors (Lipinski definition) is 13. The Balaban J connectivity index is 1.57. The minimum Gasteiger partial charge on any atom is -0.394 e. The Kier molecular flexibility index (Phi) is 46.3. The lowest BCUT2D eigenvalue weighted by atomic mass is 9.97. The van der Waals surface area contributed by atoms with E-state index >= 15 is 0 Å². The second kappa shape index (κ2) is 50.2. The van der Waals surface area contributed by atoms with Crippen LogP contribution in [0, 0.1) is 0 Å². The van der Waals surface area contributed by atoms with Gasteiger partial charge in [-0.25, -0.2) is 0 Å². The zero-order valence-electron chi connectivity index (χ0n) is 49.6. The first kappa shape index (κ1) is 72.8. The van der Waals surface area contributed by atoms with Crippen molar-refractivity contribution < 1.29 is 64.6 Å². The molecule has 2 fully saturated rings. The molecule has 0 bridgehead atoms. The number of aliphatic hydroxyl groups excluding tert-OH is 8. The summed E-state index contributed by atoms with van der Waals surface area (Å²) in [6.45, 7) is 2.66. The molecule has 0 aromatic rings. The van der Waals surface area contributed by atoms with Gasteiger partial charge in [-0.05, 0) is 57.8 Å². The maximum Gasteiger partial charge on any atom is 0.220 e. The number of unbranched alkanes of at least 4 members (excludes halogenated alkanes) is 30. The highest BCUT2D eigenvalue weighted by Crippen LogP contribution is 2.30. The van der Waals surface area contributed by atoms with Crippen molar-refractivity contribution in [1.82, 2.24) is 5.32 Å². The Hall–Kier alpha value is -2.31. The van der Waals surface area contributed by atoms with Gasteiger partial charge in [-0.15, -0.1) is 0 Å². The van der Waals surface area contributed by atoms with Gasteiger partial charge < -0.3 is 65.1 Å². The molecular weight excluding hydrogens is 1000 g/mol. The van der Waals surface area contributed by atoms with Crippen LogP contribution in [-0.2, 0) is 23.7 Å². The number of ether oxygens (including phenoxy) is 4. The highest BCUT2D eigenvalue weighted by Gasteiger charge is 2.51. The van der Waals surface area contributed by atoms with Crippen molar-refractivity contribution in [3.8, 4) is 0 Å². The molecule has 14 nitrogen and oxygen atoms in total. The first-order valence-corrected chi connectivity index (χ1v) is 32.0. The molecule has 0 saturated carbocycles. The van der Waals surface area contributed by atoms with Crippen LogP contribution in [0.15, 0.2) is 60.8 Å². The Labute approximate surface area is 479 Å². The van der Waals surface area contributed by atoms with Crippen LogP contribution in [0.3, 0.4) is 0 Å². The van der Waals surface area contributed by atoms with E-state index in [0.717, 1.165) is 64.2 Å². The third-order valence-electron chi connectivity index (χ3n) is 15.5. The zero-order valence-corrected chi connectivity index (χ0v) is 49.6. The van der Waals surface area contributed by atoms with E-state index in [9.17, 15) is 45.6 Å². The fraction of sp³-hybridized carbons (Fsp3) is 0.831. The maximum atomic E-state index is 13.2. The van der Waals surface area contributed by atoms with Gasteiger partial charge in [-0.3, -0.25) is 4.79 Å². The topological polar surface area (TPSA) is 228 Å². The number of carbonyl (C=O) groups is 1. The van der Waals surface area contributed by atoms with Gasteiger partial charge in [0.15, 0.2) is 12.6 Å². The molecule has 0 radical (unpaired) electrons. The van der Waals surface area contributed by atoms with E-state index in [-0.39, 0.29) is 18.9 Å². The maximum absolute atomic E-state index is 13.2. The molecule has 2 saturated heterocycles. The van der Waals surface area contributed by atoms with Crippen LogP contribution >= 0.6 is 0 Å². The van der Waals surface area contributed by atoms with Crippen LogP contribution in [0.5, 0.6) is 0 Å². The van der Waals surface area contributed by atoms with Crippen molar-refractivity contribution in [2.45, 2.75) is 325 Å². The van der Waals surface area contributed by atoms with Crippen molar-refractivity contribution in [2.24, 2.45) is 0 Å². The first-order valence-electron chi connectivity index (χ1n) is 32.0. The van der Waals surface area contributed by atoms with E-state index in [4.69, 9.17) is 18.9 Å². The predicted octanol–water partition coefficient (Wildman–Crippen LogP) is 11.7. The summed E-state index contributed by atoms with van der Waals surface area (Å²) in [6.07, 6.45) is 48.8. The fourth-order valence-corrected chi connectivity index (χ4v) is 10.3. The summed E-state index contributed by atoms with van der Waals surface area (Å²) in [4.78, 5) is 13.2. The van der Waals surface area contributed by atoms with Crippen molar-refractivity contribution in [3.63, 3.8) is 0 Å². The highest BCUT2D eigenvalue weighted by atomic mass is 16.7. The lowest BCUT2D eigenvalue weighted by Crippen LogP contribution is -2.65. The molecule has 460 valence electrons. The van der Waals surface area contributed by atoms with Gasteiger partial charge in [0, 0.05) is 6.42 Å². The average molecular weight is 1120 g/mol. The van der Waals surface area contributed by atoms with Crippen LogP contribution in [0.4, 0.5) is 0 Å². The second-order valence-electron chi connectivity index (χ2n) is 22.5. The third-order valence-corrected chi connectivity index (χ3v) is 15.5. The molecule has 79 heavy (non-hydrogen) atoms. The predicted molar refractivity (Wildman–Crippen MR) is 318 cm³/mol. The van der Waals surface area contributed by atoms with E-state index in [1.165, 1.54) is 161 Å². The molecule has 12 atom stereocenters. The number of hydrogen-bond donors (Lipinski definition) is 9. The van der Waals surface area contributed by atoms with Gasteiger partial charge in [0.05, 0.1) is 32.0 Å². The molecular formula is C65H117NO13. The van der Waals surface area contributed by atoms with Gasteiger partial charge in [-0.1, -0.05) is 248 Å². The van der Waals surface area contributed by atoms with Gasteiger partial charge in [-0.2, -0.15) is 0 Å². The molecule has 1 amide bonds. The van der Waals surface area contributed by atoms with Crippen LogP contribution < -0.4 is 5.32 Å². The molecule has 2 heterocycles. The lowest BCUT2D eigenvalue weighted by molar-refractivity contribution is -0.359. The van der Waals surface area contributed by atoms with E-state index in [0.29, 0.717) is 6.42 Å². The molecule has 14 heteroatoms. The summed E-state index contributed by atoms with van der Waals surface area (Å²) in [7, 11) is 0. The van der Waals surface area contributed by atoms with Crippen LogP contribution in [-0.4, -0.2) is 140 Å². The Bertz CT molecular complexity index is 1560. The Morgan fingerprint density at radius 3 is 1.34 bits per heavy atom. The van der Waals surface area contributed by atoms with E-state index in [2.05, 4.69) is 67.8 Å².